The lowest BCUT2D eigenvalue weighted by Gasteiger charge is -2.34. The molecule has 0 bridgehead atoms. The van der Waals surface area contributed by atoms with Crippen LogP contribution in [0, 0.1) is 0 Å². The predicted octanol–water partition coefficient (Wildman–Crippen LogP) is 3.44. The standard InChI is InChI=1S/C25H31N5O/c1-2-13-29-15-17-30(18-16-29)14-7-12-27-25(31)21-19-24(23-10-5-6-11-26-23)28-22-9-4-3-8-20(21)22/h3-6,8-11,19H,2,7,12-18H2,1H3,(H,27,31). The zero-order chi connectivity index (χ0) is 21.5. The van der Waals surface area contributed by atoms with Crippen molar-refractivity contribution in [2.24, 2.45) is 0 Å². The van der Waals surface area contributed by atoms with Crippen molar-refractivity contribution in [1.82, 2.24) is 25.1 Å². The number of pyridine rings is 2. The molecule has 2 aromatic heterocycles. The maximum absolute atomic E-state index is 13.0. The number of hydrogen-bond donors (Lipinski definition) is 1. The Hall–Kier alpha value is -2.83. The van der Waals surface area contributed by atoms with Crippen LogP contribution in [0.2, 0.25) is 0 Å². The second-order valence-electron chi connectivity index (χ2n) is 8.08. The third-order valence-electron chi connectivity index (χ3n) is 5.83. The van der Waals surface area contributed by atoms with Gasteiger partial charge >= 0.3 is 0 Å². The molecule has 1 fully saturated rings. The lowest BCUT2D eigenvalue weighted by Crippen LogP contribution is -2.47. The zero-order valence-electron chi connectivity index (χ0n) is 18.3. The summed E-state index contributed by atoms with van der Waals surface area (Å²) in [6.45, 7) is 9.68. The number of piperazine rings is 1. The van der Waals surface area contributed by atoms with Gasteiger partial charge in [0.2, 0.25) is 0 Å². The summed E-state index contributed by atoms with van der Waals surface area (Å²) in [5.74, 6) is -0.0523. The number of benzene rings is 1. The van der Waals surface area contributed by atoms with Crippen LogP contribution >= 0.6 is 0 Å². The number of nitrogens with one attached hydrogen (secondary N) is 1. The van der Waals surface area contributed by atoms with Crippen molar-refractivity contribution in [3.63, 3.8) is 0 Å². The highest BCUT2D eigenvalue weighted by Gasteiger charge is 2.16. The summed E-state index contributed by atoms with van der Waals surface area (Å²) in [7, 11) is 0. The number of nitrogens with zero attached hydrogens (tertiary/aromatic N) is 4. The minimum atomic E-state index is -0.0523. The number of rotatable bonds is 8. The van der Waals surface area contributed by atoms with E-state index in [9.17, 15) is 4.79 Å². The summed E-state index contributed by atoms with van der Waals surface area (Å²) in [5.41, 5.74) is 2.94. The minimum absolute atomic E-state index is 0.0523. The van der Waals surface area contributed by atoms with E-state index in [4.69, 9.17) is 4.98 Å². The largest absolute Gasteiger partial charge is 0.352 e. The molecule has 1 aliphatic rings. The Labute approximate surface area is 184 Å². The molecule has 0 spiro atoms. The van der Waals surface area contributed by atoms with Gasteiger partial charge < -0.3 is 15.1 Å². The Morgan fingerprint density at radius 2 is 1.71 bits per heavy atom. The van der Waals surface area contributed by atoms with Gasteiger partial charge in [0, 0.05) is 44.3 Å². The fourth-order valence-corrected chi connectivity index (χ4v) is 4.16. The van der Waals surface area contributed by atoms with Gasteiger partial charge in [-0.25, -0.2) is 4.98 Å². The Kier molecular flexibility index (Phi) is 7.22. The average Bonchev–Trinajstić information content (AvgIpc) is 2.83. The zero-order valence-corrected chi connectivity index (χ0v) is 18.3. The Morgan fingerprint density at radius 1 is 0.968 bits per heavy atom. The van der Waals surface area contributed by atoms with Crippen molar-refractivity contribution in [3.8, 4) is 11.4 Å². The van der Waals surface area contributed by atoms with E-state index in [1.165, 1.54) is 13.0 Å². The van der Waals surface area contributed by atoms with Crippen molar-refractivity contribution in [1.29, 1.82) is 0 Å². The second kappa shape index (κ2) is 10.5. The molecule has 1 aliphatic heterocycles. The maximum Gasteiger partial charge on any atom is 0.252 e. The first kappa shape index (κ1) is 21.4. The van der Waals surface area contributed by atoms with E-state index in [1.54, 1.807) is 6.20 Å². The lowest BCUT2D eigenvalue weighted by atomic mass is 10.1. The molecule has 1 N–H and O–H groups in total. The number of aromatic nitrogens is 2. The van der Waals surface area contributed by atoms with Crippen LogP contribution in [-0.4, -0.2) is 71.5 Å². The van der Waals surface area contributed by atoms with E-state index in [-0.39, 0.29) is 5.91 Å². The summed E-state index contributed by atoms with van der Waals surface area (Å²) < 4.78 is 0. The quantitative estimate of drug-likeness (QED) is 0.569. The van der Waals surface area contributed by atoms with Crippen LogP contribution in [0.4, 0.5) is 0 Å². The number of fused-ring (bicyclic) bond motifs is 1. The van der Waals surface area contributed by atoms with Crippen LogP contribution in [-0.2, 0) is 0 Å². The fraction of sp³-hybridized carbons (Fsp3) is 0.400. The topological polar surface area (TPSA) is 61.4 Å². The Bertz CT molecular complexity index is 999. The molecule has 1 saturated heterocycles. The van der Waals surface area contributed by atoms with Gasteiger partial charge in [0.1, 0.15) is 0 Å². The number of carbonyl (C=O) groups excluding carboxylic acids is 1. The first-order valence-corrected chi connectivity index (χ1v) is 11.3. The lowest BCUT2D eigenvalue weighted by molar-refractivity contribution is 0.0949. The predicted molar refractivity (Wildman–Crippen MR) is 125 cm³/mol. The Balaban J connectivity index is 1.38. The van der Waals surface area contributed by atoms with Crippen LogP contribution in [0.25, 0.3) is 22.3 Å². The van der Waals surface area contributed by atoms with Crippen LogP contribution in [0.1, 0.15) is 30.1 Å². The van der Waals surface area contributed by atoms with Gasteiger partial charge in [-0.3, -0.25) is 9.78 Å². The van der Waals surface area contributed by atoms with E-state index in [1.807, 2.05) is 48.5 Å². The SMILES string of the molecule is CCCN1CCN(CCCNC(=O)c2cc(-c3ccccn3)nc3ccccc23)CC1. The molecular weight excluding hydrogens is 386 g/mol. The molecule has 0 saturated carbocycles. The van der Waals surface area contributed by atoms with E-state index in [0.29, 0.717) is 12.1 Å². The molecular formula is C25H31N5O. The van der Waals surface area contributed by atoms with E-state index < -0.39 is 0 Å². The first-order valence-electron chi connectivity index (χ1n) is 11.3. The highest BCUT2D eigenvalue weighted by atomic mass is 16.1. The summed E-state index contributed by atoms with van der Waals surface area (Å²) in [6.07, 6.45) is 3.92. The first-order chi connectivity index (χ1) is 15.2. The molecule has 0 atom stereocenters. The van der Waals surface area contributed by atoms with Gasteiger partial charge in [-0.1, -0.05) is 31.2 Å². The highest BCUT2D eigenvalue weighted by Crippen LogP contribution is 2.23. The maximum atomic E-state index is 13.0. The molecule has 6 heteroatoms. The number of carbonyl (C=O) groups is 1. The van der Waals surface area contributed by atoms with Crippen LogP contribution in [0.3, 0.4) is 0 Å². The molecule has 0 radical (unpaired) electrons. The number of hydrogen-bond acceptors (Lipinski definition) is 5. The van der Waals surface area contributed by atoms with E-state index in [2.05, 4.69) is 27.0 Å². The number of para-hydroxylation sites is 1. The molecule has 3 heterocycles. The van der Waals surface area contributed by atoms with Gasteiger partial charge in [0.25, 0.3) is 5.91 Å². The summed E-state index contributed by atoms with van der Waals surface area (Å²) in [6, 6.07) is 15.4. The Morgan fingerprint density at radius 3 is 2.45 bits per heavy atom. The third-order valence-corrected chi connectivity index (χ3v) is 5.83. The monoisotopic (exact) mass is 417 g/mol. The normalized spacial score (nSPS) is 15.3. The second-order valence-corrected chi connectivity index (χ2v) is 8.08. The summed E-state index contributed by atoms with van der Waals surface area (Å²) in [5, 5.41) is 3.98. The van der Waals surface area contributed by atoms with Gasteiger partial charge in [0.05, 0.1) is 22.5 Å². The van der Waals surface area contributed by atoms with Crippen molar-refractivity contribution in [2.75, 3.05) is 45.8 Å². The molecule has 4 rings (SSSR count). The summed E-state index contributed by atoms with van der Waals surface area (Å²) >= 11 is 0. The molecule has 162 valence electrons. The molecule has 1 aromatic carbocycles. The molecule has 1 amide bonds. The molecule has 6 nitrogen and oxygen atoms in total. The summed E-state index contributed by atoms with van der Waals surface area (Å²) in [4.78, 5) is 27.2. The number of amides is 1. The van der Waals surface area contributed by atoms with E-state index in [0.717, 1.165) is 61.4 Å². The van der Waals surface area contributed by atoms with Crippen molar-refractivity contribution in [2.45, 2.75) is 19.8 Å². The van der Waals surface area contributed by atoms with Crippen LogP contribution < -0.4 is 5.32 Å². The van der Waals surface area contributed by atoms with Crippen molar-refractivity contribution in [3.05, 3.63) is 60.3 Å². The molecule has 0 aliphatic carbocycles. The third kappa shape index (κ3) is 5.46. The van der Waals surface area contributed by atoms with Gasteiger partial charge in [-0.05, 0) is 50.2 Å². The van der Waals surface area contributed by atoms with Gasteiger partial charge in [0.15, 0.2) is 0 Å². The van der Waals surface area contributed by atoms with Gasteiger partial charge in [-0.2, -0.15) is 0 Å². The van der Waals surface area contributed by atoms with Crippen molar-refractivity contribution < 1.29 is 4.79 Å². The van der Waals surface area contributed by atoms with Crippen LogP contribution in [0.15, 0.2) is 54.7 Å². The van der Waals surface area contributed by atoms with Crippen molar-refractivity contribution >= 4 is 16.8 Å². The molecule has 31 heavy (non-hydrogen) atoms. The van der Waals surface area contributed by atoms with E-state index >= 15 is 0 Å². The average molecular weight is 418 g/mol. The van der Waals surface area contributed by atoms with Crippen LogP contribution in [0.5, 0.6) is 0 Å². The fourth-order valence-electron chi connectivity index (χ4n) is 4.16. The molecule has 3 aromatic rings. The smallest absolute Gasteiger partial charge is 0.252 e. The highest BCUT2D eigenvalue weighted by molar-refractivity contribution is 6.07. The minimum Gasteiger partial charge on any atom is -0.352 e. The van der Waals surface area contributed by atoms with Gasteiger partial charge in [-0.15, -0.1) is 0 Å². The molecule has 0 unspecified atom stereocenters.